The second-order valence-corrected chi connectivity index (χ2v) is 9.51. The van der Waals surface area contributed by atoms with E-state index in [1.165, 1.54) is 12.4 Å². The minimum absolute atomic E-state index is 0.191. The molecule has 1 aliphatic carbocycles. The van der Waals surface area contributed by atoms with Crippen molar-refractivity contribution in [2.45, 2.75) is 70.4 Å². The minimum Gasteiger partial charge on any atom is -0.361 e. The molecule has 0 aliphatic heterocycles. The molecule has 4 aromatic heterocycles. The van der Waals surface area contributed by atoms with Crippen LogP contribution in [-0.2, 0) is 13.1 Å². The Morgan fingerprint density at radius 1 is 1.00 bits per heavy atom. The smallest absolute Gasteiger partial charge is 0.361 e. The van der Waals surface area contributed by atoms with Crippen LogP contribution in [0.3, 0.4) is 0 Å². The summed E-state index contributed by atoms with van der Waals surface area (Å²) in [4.78, 5) is 4.55. The van der Waals surface area contributed by atoms with Gasteiger partial charge in [0.15, 0.2) is 0 Å². The van der Waals surface area contributed by atoms with E-state index < -0.39 is 37.2 Å². The van der Waals surface area contributed by atoms with E-state index in [1.807, 2.05) is 0 Å². The molecule has 0 aromatic carbocycles. The highest BCUT2D eigenvalue weighted by Gasteiger charge is 2.44. The number of aryl methyl sites for hydroxylation is 2. The molecule has 1 saturated carbocycles. The van der Waals surface area contributed by atoms with Crippen molar-refractivity contribution < 1.29 is 30.9 Å². The normalized spacial score (nSPS) is 17.7. The number of fused-ring (bicyclic) bond motifs is 1. The lowest BCUT2D eigenvalue weighted by Gasteiger charge is -2.34. The molecule has 0 saturated heterocycles. The average molecular weight is 511 g/mol. The Morgan fingerprint density at radius 2 is 1.72 bits per heavy atom. The van der Waals surface area contributed by atoms with Crippen LogP contribution >= 0.6 is 0 Å². The maximum absolute atomic E-state index is 15.7. The Bertz CT molecular complexity index is 1390. The molecule has 5 rings (SSSR count). The van der Waals surface area contributed by atoms with Crippen molar-refractivity contribution in [1.82, 2.24) is 24.5 Å². The van der Waals surface area contributed by atoms with Gasteiger partial charge >= 0.3 is 6.18 Å². The Morgan fingerprint density at radius 3 is 2.36 bits per heavy atom. The Kier molecular flexibility index (Phi) is 5.68. The monoisotopic (exact) mass is 511 g/mol. The number of pyridine rings is 1. The van der Waals surface area contributed by atoms with E-state index in [4.69, 9.17) is 4.52 Å². The summed E-state index contributed by atoms with van der Waals surface area (Å²) in [7, 11) is 0. The first-order valence-corrected chi connectivity index (χ1v) is 11.4. The van der Waals surface area contributed by atoms with E-state index in [0.717, 1.165) is 10.2 Å². The van der Waals surface area contributed by atoms with Crippen LogP contribution in [0.25, 0.3) is 33.3 Å². The molecule has 1 aliphatic rings. The summed E-state index contributed by atoms with van der Waals surface area (Å²) in [5, 5.41) is 7.76. The number of aromatic nitrogens is 5. The van der Waals surface area contributed by atoms with E-state index in [1.54, 1.807) is 36.9 Å². The number of nitrogens with zero attached hydrogens (tertiary/aromatic N) is 5. The highest BCUT2D eigenvalue weighted by Crippen LogP contribution is 2.43. The van der Waals surface area contributed by atoms with Gasteiger partial charge in [-0.1, -0.05) is 5.16 Å². The van der Waals surface area contributed by atoms with Gasteiger partial charge in [0.2, 0.25) is 5.92 Å². The van der Waals surface area contributed by atoms with Crippen molar-refractivity contribution in [3.05, 3.63) is 42.3 Å². The highest BCUT2D eigenvalue weighted by atomic mass is 19.4. The lowest BCUT2D eigenvalue weighted by Crippen LogP contribution is -2.38. The molecule has 0 unspecified atom stereocenters. The van der Waals surface area contributed by atoms with Crippen LogP contribution in [0.15, 0.2) is 35.4 Å². The van der Waals surface area contributed by atoms with Crippen LogP contribution in [0.4, 0.5) is 26.3 Å². The molecule has 1 fully saturated rings. The van der Waals surface area contributed by atoms with Gasteiger partial charge in [0.1, 0.15) is 18.0 Å². The summed E-state index contributed by atoms with van der Waals surface area (Å²) < 4.78 is 89.2. The van der Waals surface area contributed by atoms with Gasteiger partial charge in [0, 0.05) is 53.7 Å². The van der Waals surface area contributed by atoms with Crippen molar-refractivity contribution in [3.8, 4) is 22.3 Å². The first-order chi connectivity index (χ1) is 16.8. The molecule has 6 nitrogen and oxygen atoms in total. The zero-order valence-electron chi connectivity index (χ0n) is 19.5. The zero-order chi connectivity index (χ0) is 25.9. The molecule has 192 valence electrons. The highest BCUT2D eigenvalue weighted by molar-refractivity contribution is 5.94. The molecule has 0 amide bonds. The van der Waals surface area contributed by atoms with E-state index in [0.29, 0.717) is 39.2 Å². The van der Waals surface area contributed by atoms with Crippen molar-refractivity contribution in [1.29, 1.82) is 0 Å². The summed E-state index contributed by atoms with van der Waals surface area (Å²) >= 11 is 0. The lowest BCUT2D eigenvalue weighted by molar-refractivity contribution is -0.142. The predicted octanol–water partition coefficient (Wildman–Crippen LogP) is 6.65. The topological polar surface area (TPSA) is 61.7 Å². The molecule has 0 N–H and O–H groups in total. The third-order valence-electron chi connectivity index (χ3n) is 6.66. The van der Waals surface area contributed by atoms with Crippen LogP contribution in [0, 0.1) is 13.8 Å². The maximum Gasteiger partial charge on any atom is 0.408 e. The van der Waals surface area contributed by atoms with Crippen molar-refractivity contribution in [2.24, 2.45) is 0 Å². The Balaban J connectivity index is 1.59. The van der Waals surface area contributed by atoms with Gasteiger partial charge in [-0.15, -0.1) is 0 Å². The van der Waals surface area contributed by atoms with Crippen LogP contribution in [0.2, 0.25) is 0 Å². The second kappa shape index (κ2) is 8.38. The summed E-state index contributed by atoms with van der Waals surface area (Å²) in [6.45, 7) is 2.08. The van der Waals surface area contributed by atoms with Crippen LogP contribution in [-0.4, -0.2) is 42.3 Å². The summed E-state index contributed by atoms with van der Waals surface area (Å²) in [5.41, 5.74) is 1.96. The molecular weight excluding hydrogens is 488 g/mol. The molecule has 36 heavy (non-hydrogen) atoms. The van der Waals surface area contributed by atoms with Gasteiger partial charge in [-0.25, -0.2) is 13.2 Å². The van der Waals surface area contributed by atoms with Crippen molar-refractivity contribution >= 4 is 11.0 Å². The molecule has 4 heterocycles. The van der Waals surface area contributed by atoms with Gasteiger partial charge in [-0.2, -0.15) is 18.3 Å². The fourth-order valence-electron chi connectivity index (χ4n) is 4.84. The molecule has 0 atom stereocenters. The number of alkyl halides is 6. The van der Waals surface area contributed by atoms with Crippen LogP contribution in [0.1, 0.15) is 37.1 Å². The number of hydrogen-bond acceptors (Lipinski definition) is 4. The lowest BCUT2D eigenvalue weighted by atomic mass is 9.84. The quantitative estimate of drug-likeness (QED) is 0.282. The third kappa shape index (κ3) is 4.72. The Hall–Kier alpha value is -3.31. The number of halogens is 6. The summed E-state index contributed by atoms with van der Waals surface area (Å²) in [5.74, 6) is -2.32. The SMILES string of the molecule is Cc1noc(C)c1-c1cnc2c(-c3cnn(CC(F)(F)F)c3)cn(CC3(F)CCC(F)(F)CC3)c2c1. The fraction of sp³-hybridized carbons (Fsp3) is 0.458. The first kappa shape index (κ1) is 24.4. The zero-order valence-corrected chi connectivity index (χ0v) is 19.5. The first-order valence-electron chi connectivity index (χ1n) is 11.4. The minimum atomic E-state index is -4.44. The fourth-order valence-corrected chi connectivity index (χ4v) is 4.84. The molecular formula is C24H23F6N5O. The van der Waals surface area contributed by atoms with E-state index in [-0.39, 0.29) is 19.4 Å². The van der Waals surface area contributed by atoms with Gasteiger partial charge < -0.3 is 9.09 Å². The van der Waals surface area contributed by atoms with E-state index >= 15 is 4.39 Å². The molecule has 4 aromatic rings. The van der Waals surface area contributed by atoms with Crippen molar-refractivity contribution in [3.63, 3.8) is 0 Å². The van der Waals surface area contributed by atoms with E-state index in [9.17, 15) is 22.0 Å². The third-order valence-corrected chi connectivity index (χ3v) is 6.66. The maximum atomic E-state index is 15.7. The van der Waals surface area contributed by atoms with Crippen LogP contribution < -0.4 is 0 Å². The standard InChI is InChI=1S/C24H23F6N5O/c1-14-20(15(2)36-33-14)16-7-19-21(31-8-16)18(17-9-32-35(10-17)13-24(28,29)30)11-34(19)12-22(25)3-5-23(26,27)6-4-22/h7-11H,3-6,12-13H2,1-2H3. The van der Waals surface area contributed by atoms with Gasteiger partial charge in [0.05, 0.1) is 29.5 Å². The average Bonchev–Trinajstić information content (AvgIpc) is 3.47. The molecule has 0 radical (unpaired) electrons. The second-order valence-electron chi connectivity index (χ2n) is 9.51. The Labute approximate surface area is 201 Å². The largest absolute Gasteiger partial charge is 0.408 e. The summed E-state index contributed by atoms with van der Waals surface area (Å²) in [6, 6.07) is 1.78. The predicted molar refractivity (Wildman–Crippen MR) is 119 cm³/mol. The number of rotatable bonds is 5. The van der Waals surface area contributed by atoms with Gasteiger partial charge in [0.25, 0.3) is 0 Å². The number of hydrogen-bond donors (Lipinski definition) is 0. The molecule has 12 heteroatoms. The summed E-state index contributed by atoms with van der Waals surface area (Å²) in [6.07, 6.45) is -0.380. The van der Waals surface area contributed by atoms with Crippen molar-refractivity contribution in [2.75, 3.05) is 0 Å². The van der Waals surface area contributed by atoms with E-state index in [2.05, 4.69) is 15.2 Å². The molecule has 0 spiro atoms. The van der Waals surface area contributed by atoms with Crippen LogP contribution in [0.5, 0.6) is 0 Å². The van der Waals surface area contributed by atoms with Gasteiger partial charge in [-0.3, -0.25) is 9.67 Å². The molecule has 0 bridgehead atoms. The van der Waals surface area contributed by atoms with Gasteiger partial charge in [-0.05, 0) is 32.8 Å².